The van der Waals surface area contributed by atoms with Crippen LogP contribution in [0, 0.1) is 0 Å². The number of ether oxygens (including phenoxy) is 2. The van der Waals surface area contributed by atoms with Crippen molar-refractivity contribution in [2.24, 2.45) is 0 Å². The van der Waals surface area contributed by atoms with Crippen molar-refractivity contribution in [1.29, 1.82) is 0 Å². The Hall–Kier alpha value is -1.89. The van der Waals surface area contributed by atoms with Crippen LogP contribution in [0.5, 0.6) is 5.75 Å². The molecule has 0 saturated carbocycles. The third-order valence-corrected chi connectivity index (χ3v) is 6.00. The van der Waals surface area contributed by atoms with Crippen LogP contribution in [0.4, 0.5) is 10.5 Å². The van der Waals surface area contributed by atoms with Crippen molar-refractivity contribution in [3.8, 4) is 5.75 Å². The summed E-state index contributed by atoms with van der Waals surface area (Å²) in [6.45, 7) is 4.23. The number of hydrogen-bond donors (Lipinski definition) is 1. The fraction of sp³-hybridized carbons (Fsp3) is 0.350. The molecule has 3 rings (SSSR count). The van der Waals surface area contributed by atoms with E-state index >= 15 is 0 Å². The molecule has 0 spiro atoms. The predicted molar refractivity (Wildman–Crippen MR) is 107 cm³/mol. The van der Waals surface area contributed by atoms with Crippen molar-refractivity contribution in [2.45, 2.75) is 37.2 Å². The smallest absolute Gasteiger partial charge is 0.412 e. The Morgan fingerprint density at radius 3 is 2.67 bits per heavy atom. The largest absolute Gasteiger partial charge is 0.611 e. The van der Waals surface area contributed by atoms with Gasteiger partial charge in [0.15, 0.2) is 4.90 Å². The van der Waals surface area contributed by atoms with Gasteiger partial charge in [-0.25, -0.2) is 4.79 Å². The molecule has 1 amide bonds. The van der Waals surface area contributed by atoms with E-state index in [1.807, 2.05) is 32.0 Å². The number of hydrogen-bond acceptors (Lipinski definition) is 4. The molecule has 0 bridgehead atoms. The highest BCUT2D eigenvalue weighted by atomic mass is 35.5. The summed E-state index contributed by atoms with van der Waals surface area (Å²) in [6, 6.07) is 12.6. The number of fused-ring (bicyclic) bond motifs is 1. The van der Waals surface area contributed by atoms with Crippen LogP contribution in [0.1, 0.15) is 32.3 Å². The van der Waals surface area contributed by atoms with Gasteiger partial charge in [-0.05, 0) is 80.3 Å². The molecular weight excluding hydrogens is 386 g/mol. The zero-order chi connectivity index (χ0) is 19.4. The van der Waals surface area contributed by atoms with Crippen molar-refractivity contribution >= 4 is 34.6 Å². The molecule has 5 nitrogen and oxygen atoms in total. The number of anilines is 1. The summed E-state index contributed by atoms with van der Waals surface area (Å²) in [5.74, 6) is 1.31. The quantitative estimate of drug-likeness (QED) is 0.511. The molecule has 1 N–H and O–H groups in total. The molecule has 1 atom stereocenters. The molecule has 0 saturated heterocycles. The second kappa shape index (κ2) is 8.42. The SMILES string of the molecule is CC1(C)OC(=O)Nc2ccc(OCCCC[S+]([O-])c3ccc(Cl)cc3)cc21. The molecule has 27 heavy (non-hydrogen) atoms. The Morgan fingerprint density at radius 1 is 1.19 bits per heavy atom. The number of halogens is 1. The maximum atomic E-state index is 12.2. The van der Waals surface area contributed by atoms with Crippen LogP contribution in [0.15, 0.2) is 47.4 Å². The first-order valence-electron chi connectivity index (χ1n) is 8.76. The summed E-state index contributed by atoms with van der Waals surface area (Å²) in [4.78, 5) is 12.3. The highest BCUT2D eigenvalue weighted by Crippen LogP contribution is 2.37. The van der Waals surface area contributed by atoms with Gasteiger partial charge in [0.1, 0.15) is 17.1 Å². The molecule has 1 heterocycles. The van der Waals surface area contributed by atoms with Gasteiger partial charge in [0.05, 0.1) is 12.3 Å². The van der Waals surface area contributed by atoms with Crippen molar-refractivity contribution in [2.75, 3.05) is 17.7 Å². The van der Waals surface area contributed by atoms with Gasteiger partial charge in [0, 0.05) is 10.6 Å². The van der Waals surface area contributed by atoms with E-state index < -0.39 is 22.9 Å². The average molecular weight is 408 g/mol. The Labute approximate surface area is 167 Å². The Kier molecular flexibility index (Phi) is 6.19. The first kappa shape index (κ1) is 19.9. The fourth-order valence-corrected chi connectivity index (χ4v) is 4.14. The first-order chi connectivity index (χ1) is 12.8. The molecule has 0 aliphatic carbocycles. The number of cyclic esters (lactones) is 1. The van der Waals surface area contributed by atoms with E-state index in [-0.39, 0.29) is 0 Å². The van der Waals surface area contributed by atoms with Crippen molar-refractivity contribution < 1.29 is 18.8 Å². The summed E-state index contributed by atoms with van der Waals surface area (Å²) < 4.78 is 23.4. The van der Waals surface area contributed by atoms with Gasteiger partial charge in [-0.3, -0.25) is 5.32 Å². The molecule has 144 valence electrons. The van der Waals surface area contributed by atoms with Crippen LogP contribution in [0.3, 0.4) is 0 Å². The summed E-state index contributed by atoms with van der Waals surface area (Å²) in [6.07, 6.45) is 1.15. The van der Waals surface area contributed by atoms with E-state index in [2.05, 4.69) is 5.32 Å². The topological polar surface area (TPSA) is 70.6 Å². The van der Waals surface area contributed by atoms with Gasteiger partial charge >= 0.3 is 6.09 Å². The molecule has 2 aromatic rings. The lowest BCUT2D eigenvalue weighted by molar-refractivity contribution is 0.0418. The van der Waals surface area contributed by atoms with Crippen molar-refractivity contribution in [1.82, 2.24) is 0 Å². The summed E-state index contributed by atoms with van der Waals surface area (Å²) in [7, 11) is 0. The number of rotatable bonds is 7. The van der Waals surface area contributed by atoms with E-state index in [1.54, 1.807) is 24.3 Å². The number of amides is 1. The van der Waals surface area contributed by atoms with E-state index in [1.165, 1.54) is 0 Å². The highest BCUT2D eigenvalue weighted by molar-refractivity contribution is 7.91. The van der Waals surface area contributed by atoms with Crippen molar-refractivity contribution in [3.63, 3.8) is 0 Å². The second-order valence-corrected chi connectivity index (χ2v) is 8.80. The minimum Gasteiger partial charge on any atom is -0.611 e. The lowest BCUT2D eigenvalue weighted by Gasteiger charge is -2.32. The molecule has 2 aromatic carbocycles. The number of unbranched alkanes of at least 4 members (excludes halogenated alkanes) is 1. The predicted octanol–water partition coefficient (Wildman–Crippen LogP) is 5.10. The standard InChI is InChI=1S/C20H22ClNO4S/c1-20(2)17-13-15(7-10-18(17)22-19(23)26-20)25-11-3-4-12-27(24)16-8-5-14(21)6-9-16/h5-10,13H,3-4,11-12H2,1-2H3,(H,22,23). The maximum Gasteiger partial charge on any atom is 0.412 e. The Bertz CT molecular complexity index is 810. The molecule has 0 aromatic heterocycles. The Balaban J connectivity index is 1.47. The van der Waals surface area contributed by atoms with Gasteiger partial charge < -0.3 is 14.0 Å². The fourth-order valence-electron chi connectivity index (χ4n) is 2.87. The minimum atomic E-state index is -1.03. The first-order valence-corrected chi connectivity index (χ1v) is 10.5. The molecule has 1 aliphatic heterocycles. The highest BCUT2D eigenvalue weighted by Gasteiger charge is 2.33. The molecular formula is C20H22ClNO4S. The molecule has 1 aliphatic rings. The van der Waals surface area contributed by atoms with Gasteiger partial charge in [-0.1, -0.05) is 11.6 Å². The zero-order valence-electron chi connectivity index (χ0n) is 15.3. The molecule has 0 fully saturated rings. The number of nitrogens with one attached hydrogen (secondary N) is 1. The third kappa shape index (κ3) is 5.09. The van der Waals surface area contributed by atoms with Gasteiger partial charge in [0.2, 0.25) is 0 Å². The van der Waals surface area contributed by atoms with Crippen LogP contribution in [0.2, 0.25) is 5.02 Å². The van der Waals surface area contributed by atoms with Gasteiger partial charge in [-0.15, -0.1) is 0 Å². The van der Waals surface area contributed by atoms with Gasteiger partial charge in [-0.2, -0.15) is 0 Å². The summed E-state index contributed by atoms with van der Waals surface area (Å²) in [5, 5.41) is 3.33. The molecule has 0 radical (unpaired) electrons. The lowest BCUT2D eigenvalue weighted by Crippen LogP contribution is -2.34. The Morgan fingerprint density at radius 2 is 1.93 bits per heavy atom. The van der Waals surface area contributed by atoms with Crippen LogP contribution < -0.4 is 10.1 Å². The van der Waals surface area contributed by atoms with Crippen molar-refractivity contribution in [3.05, 3.63) is 53.1 Å². The molecule has 7 heteroatoms. The van der Waals surface area contributed by atoms with E-state index in [0.29, 0.717) is 17.4 Å². The summed E-state index contributed by atoms with van der Waals surface area (Å²) >= 11 is 4.82. The van der Waals surface area contributed by atoms with Crippen LogP contribution >= 0.6 is 11.6 Å². The normalized spacial score (nSPS) is 16.1. The second-order valence-electron chi connectivity index (χ2n) is 6.79. The van der Waals surface area contributed by atoms with Gasteiger partial charge in [0.25, 0.3) is 0 Å². The van der Waals surface area contributed by atoms with Crippen LogP contribution in [0.25, 0.3) is 0 Å². The maximum absolute atomic E-state index is 12.2. The van der Waals surface area contributed by atoms with E-state index in [9.17, 15) is 9.35 Å². The van der Waals surface area contributed by atoms with Crippen LogP contribution in [-0.2, 0) is 21.5 Å². The number of carbonyl (C=O) groups excluding carboxylic acids is 1. The van der Waals surface area contributed by atoms with E-state index in [0.717, 1.165) is 34.7 Å². The van der Waals surface area contributed by atoms with E-state index in [4.69, 9.17) is 21.1 Å². The number of benzene rings is 2. The number of carbonyl (C=O) groups is 1. The minimum absolute atomic E-state index is 0.449. The lowest BCUT2D eigenvalue weighted by atomic mass is 9.94. The summed E-state index contributed by atoms with van der Waals surface area (Å²) in [5.41, 5.74) is 0.914. The zero-order valence-corrected chi connectivity index (χ0v) is 16.9. The monoisotopic (exact) mass is 407 g/mol. The van der Waals surface area contributed by atoms with Crippen LogP contribution in [-0.4, -0.2) is 23.0 Å². The molecule has 1 unspecified atom stereocenters. The average Bonchev–Trinajstić information content (AvgIpc) is 2.61. The third-order valence-electron chi connectivity index (χ3n) is 4.29.